The third-order valence-electron chi connectivity index (χ3n) is 4.20. The zero-order chi connectivity index (χ0) is 19.6. The second-order valence-corrected chi connectivity index (χ2v) is 5.56. The number of hydrogen-bond acceptors (Lipinski definition) is 7. The Morgan fingerprint density at radius 3 is 2.04 bits per heavy atom. The van der Waals surface area contributed by atoms with Crippen LogP contribution >= 0.6 is 0 Å². The van der Waals surface area contributed by atoms with Gasteiger partial charge >= 0.3 is 0 Å². The first-order valence-electron chi connectivity index (χ1n) is 8.07. The molecule has 3 aromatic rings. The SMILES string of the molecule is COc1ccc(-c2cc(=O)c3c(OC)cc(OC)c(OC)c3o2)c(OC)c1. The lowest BCUT2D eigenvalue weighted by Gasteiger charge is -2.14. The first-order chi connectivity index (χ1) is 13.1. The second-order valence-electron chi connectivity index (χ2n) is 5.56. The molecule has 0 amide bonds. The van der Waals surface area contributed by atoms with Crippen LogP contribution < -0.4 is 29.1 Å². The summed E-state index contributed by atoms with van der Waals surface area (Å²) in [5, 5.41) is 0.270. The average Bonchev–Trinajstić information content (AvgIpc) is 2.71. The van der Waals surface area contributed by atoms with Gasteiger partial charge in [-0.25, -0.2) is 0 Å². The summed E-state index contributed by atoms with van der Waals surface area (Å²) in [6.45, 7) is 0. The number of rotatable bonds is 6. The summed E-state index contributed by atoms with van der Waals surface area (Å²) in [4.78, 5) is 12.8. The molecule has 0 spiro atoms. The Kier molecular flexibility index (Phi) is 5.12. The molecular weight excluding hydrogens is 352 g/mol. The van der Waals surface area contributed by atoms with E-state index in [1.807, 2.05) is 0 Å². The molecule has 1 aromatic heterocycles. The summed E-state index contributed by atoms with van der Waals surface area (Å²) in [6, 6.07) is 8.20. The number of methoxy groups -OCH3 is 5. The maximum atomic E-state index is 12.8. The molecule has 0 unspecified atom stereocenters. The van der Waals surface area contributed by atoms with Gasteiger partial charge in [0, 0.05) is 18.2 Å². The van der Waals surface area contributed by atoms with E-state index < -0.39 is 0 Å². The maximum absolute atomic E-state index is 12.8. The van der Waals surface area contributed by atoms with Crippen molar-refractivity contribution in [1.82, 2.24) is 0 Å². The monoisotopic (exact) mass is 372 g/mol. The molecule has 0 bridgehead atoms. The van der Waals surface area contributed by atoms with Crippen molar-refractivity contribution in [3.8, 4) is 40.1 Å². The van der Waals surface area contributed by atoms with E-state index in [0.717, 1.165) is 0 Å². The van der Waals surface area contributed by atoms with Crippen molar-refractivity contribution in [2.45, 2.75) is 0 Å². The van der Waals surface area contributed by atoms with Crippen molar-refractivity contribution >= 4 is 11.0 Å². The van der Waals surface area contributed by atoms with E-state index in [2.05, 4.69) is 0 Å². The Labute approximate surface area is 156 Å². The Morgan fingerprint density at radius 1 is 0.741 bits per heavy atom. The van der Waals surface area contributed by atoms with E-state index in [1.54, 1.807) is 31.4 Å². The minimum absolute atomic E-state index is 0.231. The maximum Gasteiger partial charge on any atom is 0.205 e. The molecule has 0 saturated carbocycles. The van der Waals surface area contributed by atoms with Gasteiger partial charge in [-0.1, -0.05) is 0 Å². The van der Waals surface area contributed by atoms with Gasteiger partial charge in [-0.05, 0) is 12.1 Å². The van der Waals surface area contributed by atoms with E-state index in [1.165, 1.54) is 34.5 Å². The number of fused-ring (bicyclic) bond motifs is 1. The first kappa shape index (κ1) is 18.4. The Morgan fingerprint density at radius 2 is 1.44 bits per heavy atom. The van der Waals surface area contributed by atoms with Crippen LogP contribution in [0.3, 0.4) is 0 Å². The summed E-state index contributed by atoms with van der Waals surface area (Å²) in [5.74, 6) is 2.49. The van der Waals surface area contributed by atoms with Crippen molar-refractivity contribution < 1.29 is 28.1 Å². The molecule has 0 aliphatic heterocycles. The fourth-order valence-electron chi connectivity index (χ4n) is 2.90. The lowest BCUT2D eigenvalue weighted by Crippen LogP contribution is -2.05. The van der Waals surface area contributed by atoms with Crippen LogP contribution in [0.25, 0.3) is 22.3 Å². The molecule has 0 N–H and O–H groups in total. The van der Waals surface area contributed by atoms with Gasteiger partial charge in [0.05, 0.1) is 41.1 Å². The molecule has 7 heteroatoms. The fraction of sp³-hybridized carbons (Fsp3) is 0.250. The third kappa shape index (κ3) is 3.12. The van der Waals surface area contributed by atoms with Crippen molar-refractivity contribution in [1.29, 1.82) is 0 Å². The zero-order valence-corrected chi connectivity index (χ0v) is 15.7. The van der Waals surface area contributed by atoms with Crippen LogP contribution in [0.15, 0.2) is 39.5 Å². The van der Waals surface area contributed by atoms with Crippen LogP contribution in [0.4, 0.5) is 0 Å². The Balaban J connectivity index is 2.36. The minimum Gasteiger partial charge on any atom is -0.497 e. The number of ether oxygens (including phenoxy) is 5. The van der Waals surface area contributed by atoms with E-state index in [-0.39, 0.29) is 16.4 Å². The largest absolute Gasteiger partial charge is 0.497 e. The lowest BCUT2D eigenvalue weighted by atomic mass is 10.1. The van der Waals surface area contributed by atoms with E-state index in [0.29, 0.717) is 40.1 Å². The van der Waals surface area contributed by atoms with Gasteiger partial charge in [0.2, 0.25) is 5.75 Å². The van der Waals surface area contributed by atoms with E-state index >= 15 is 0 Å². The number of benzene rings is 2. The highest BCUT2D eigenvalue weighted by atomic mass is 16.5. The third-order valence-corrected chi connectivity index (χ3v) is 4.20. The standard InChI is InChI=1S/C20H20O7/c1-22-11-6-7-12(14(8-11)23-2)15-9-13(21)18-16(24-3)10-17(25-4)19(26-5)20(18)27-15/h6-10H,1-5H3. The molecule has 0 aliphatic rings. The van der Waals surface area contributed by atoms with E-state index in [9.17, 15) is 4.79 Å². The highest BCUT2D eigenvalue weighted by Gasteiger charge is 2.21. The molecule has 3 rings (SSSR count). The molecule has 142 valence electrons. The quantitative estimate of drug-likeness (QED) is 0.655. The van der Waals surface area contributed by atoms with E-state index in [4.69, 9.17) is 28.1 Å². The average molecular weight is 372 g/mol. The summed E-state index contributed by atoms with van der Waals surface area (Å²) >= 11 is 0. The molecule has 27 heavy (non-hydrogen) atoms. The fourth-order valence-corrected chi connectivity index (χ4v) is 2.90. The summed E-state index contributed by atoms with van der Waals surface area (Å²) in [7, 11) is 7.54. The molecule has 0 atom stereocenters. The normalized spacial score (nSPS) is 10.6. The second kappa shape index (κ2) is 7.49. The van der Waals surface area contributed by atoms with Crippen molar-refractivity contribution in [2.24, 2.45) is 0 Å². The van der Waals surface area contributed by atoms with Crippen LogP contribution in [0, 0.1) is 0 Å². The highest BCUT2D eigenvalue weighted by Crippen LogP contribution is 2.42. The predicted molar refractivity (Wildman–Crippen MR) is 101 cm³/mol. The van der Waals surface area contributed by atoms with Crippen LogP contribution in [0.1, 0.15) is 0 Å². The smallest absolute Gasteiger partial charge is 0.205 e. The van der Waals surface area contributed by atoms with Gasteiger partial charge < -0.3 is 28.1 Å². The minimum atomic E-state index is -0.276. The molecule has 0 aliphatic carbocycles. The lowest BCUT2D eigenvalue weighted by molar-refractivity contribution is 0.348. The van der Waals surface area contributed by atoms with Crippen LogP contribution in [0.2, 0.25) is 0 Å². The number of hydrogen-bond donors (Lipinski definition) is 0. The molecule has 7 nitrogen and oxygen atoms in total. The van der Waals surface area contributed by atoms with Gasteiger partial charge in [0.25, 0.3) is 0 Å². The first-order valence-corrected chi connectivity index (χ1v) is 8.07. The van der Waals surface area contributed by atoms with Gasteiger partial charge in [-0.3, -0.25) is 4.79 Å². The topological polar surface area (TPSA) is 76.4 Å². The van der Waals surface area contributed by atoms with Crippen LogP contribution in [-0.2, 0) is 0 Å². The summed E-state index contributed by atoms with van der Waals surface area (Å²) in [5.41, 5.74) is 0.553. The predicted octanol–water partition coefficient (Wildman–Crippen LogP) is 3.50. The van der Waals surface area contributed by atoms with Crippen LogP contribution in [-0.4, -0.2) is 35.5 Å². The molecule has 0 radical (unpaired) electrons. The van der Waals surface area contributed by atoms with Crippen molar-refractivity contribution in [2.75, 3.05) is 35.5 Å². The molecular formula is C20H20O7. The summed E-state index contributed by atoms with van der Waals surface area (Å²) < 4.78 is 32.8. The molecule has 1 heterocycles. The Hall–Kier alpha value is -3.35. The van der Waals surface area contributed by atoms with Crippen LogP contribution in [0.5, 0.6) is 28.7 Å². The molecule has 0 saturated heterocycles. The highest BCUT2D eigenvalue weighted by molar-refractivity contribution is 5.92. The van der Waals surface area contributed by atoms with Crippen molar-refractivity contribution in [3.05, 3.63) is 40.6 Å². The van der Waals surface area contributed by atoms with Gasteiger partial charge in [-0.2, -0.15) is 0 Å². The van der Waals surface area contributed by atoms with Gasteiger partial charge in [0.15, 0.2) is 16.8 Å². The molecule has 0 fully saturated rings. The van der Waals surface area contributed by atoms with Crippen molar-refractivity contribution in [3.63, 3.8) is 0 Å². The zero-order valence-electron chi connectivity index (χ0n) is 15.7. The van der Waals surface area contributed by atoms with Gasteiger partial charge in [-0.15, -0.1) is 0 Å². The van der Waals surface area contributed by atoms with Gasteiger partial charge in [0.1, 0.15) is 28.4 Å². The molecule has 2 aromatic carbocycles. The Bertz CT molecular complexity index is 1040. The summed E-state index contributed by atoms with van der Waals surface area (Å²) in [6.07, 6.45) is 0.